The molecule has 0 saturated heterocycles. The van der Waals surface area contributed by atoms with Gasteiger partial charge in [-0.25, -0.2) is 0 Å². The summed E-state index contributed by atoms with van der Waals surface area (Å²) in [6.07, 6.45) is 0. The summed E-state index contributed by atoms with van der Waals surface area (Å²) in [6, 6.07) is 8.16. The third-order valence-corrected chi connectivity index (χ3v) is 2.13. The number of rotatable bonds is 4. The third-order valence-electron chi connectivity index (χ3n) is 2.13. The van der Waals surface area contributed by atoms with Crippen LogP contribution in [0.4, 0.5) is 0 Å². The summed E-state index contributed by atoms with van der Waals surface area (Å²) < 4.78 is 9.67. The number of Topliss-reactive ketones (excluding diaryl/α,β-unsaturated/α-hetero) is 1. The summed E-state index contributed by atoms with van der Waals surface area (Å²) in [5.74, 6) is -3.93. The van der Waals surface area contributed by atoms with Crippen molar-refractivity contribution in [1.82, 2.24) is 0 Å². The number of hydrogen-bond acceptors (Lipinski definition) is 5. The molecule has 96 valence electrons. The Kier molecular flexibility index (Phi) is 4.20. The van der Waals surface area contributed by atoms with E-state index in [0.29, 0.717) is 5.56 Å². The van der Waals surface area contributed by atoms with Crippen LogP contribution in [-0.4, -0.2) is 23.5 Å². The molecule has 0 saturated carbocycles. The maximum Gasteiger partial charge on any atom is 0.318 e. The number of carbonyl (C=O) groups is 3. The summed E-state index contributed by atoms with van der Waals surface area (Å²) in [5.41, 5.74) is 0.294. The minimum absolute atomic E-state index is 0.294. The highest BCUT2D eigenvalue weighted by molar-refractivity contribution is 6.03. The summed E-state index contributed by atoms with van der Waals surface area (Å²) in [4.78, 5) is 34.2. The highest BCUT2D eigenvalue weighted by atomic mass is 16.7. The molecule has 0 heterocycles. The number of ether oxygens (including phenoxy) is 2. The van der Waals surface area contributed by atoms with Gasteiger partial charge in [-0.3, -0.25) is 14.4 Å². The van der Waals surface area contributed by atoms with Gasteiger partial charge in [0, 0.05) is 26.3 Å². The summed E-state index contributed by atoms with van der Waals surface area (Å²) in [6.45, 7) is 3.52. The van der Waals surface area contributed by atoms with Crippen LogP contribution in [-0.2, 0) is 19.1 Å². The van der Waals surface area contributed by atoms with E-state index in [9.17, 15) is 14.4 Å². The van der Waals surface area contributed by atoms with Gasteiger partial charge in [-0.2, -0.15) is 0 Å². The molecule has 0 spiro atoms. The minimum atomic E-state index is -1.93. The van der Waals surface area contributed by atoms with Gasteiger partial charge in [0.1, 0.15) is 0 Å². The van der Waals surface area contributed by atoms with Crippen LogP contribution in [0.3, 0.4) is 0 Å². The molecule has 0 atom stereocenters. The molecule has 0 bridgehead atoms. The SMILES string of the molecule is CC(=O)OC(C)(OC(C)=O)C(=O)c1ccccc1. The molecule has 5 heteroatoms. The zero-order valence-corrected chi connectivity index (χ0v) is 10.4. The number of ketones is 1. The first-order valence-electron chi connectivity index (χ1n) is 5.34. The van der Waals surface area contributed by atoms with Crippen molar-refractivity contribution in [3.8, 4) is 0 Å². The fraction of sp³-hybridized carbons (Fsp3) is 0.308. The Balaban J connectivity index is 3.07. The van der Waals surface area contributed by atoms with E-state index in [2.05, 4.69) is 0 Å². The van der Waals surface area contributed by atoms with Crippen molar-refractivity contribution in [2.24, 2.45) is 0 Å². The quantitative estimate of drug-likeness (QED) is 0.462. The lowest BCUT2D eigenvalue weighted by Crippen LogP contribution is -2.44. The van der Waals surface area contributed by atoms with Crippen LogP contribution in [0.5, 0.6) is 0 Å². The Morgan fingerprint density at radius 2 is 1.39 bits per heavy atom. The number of hydrogen-bond donors (Lipinski definition) is 0. The van der Waals surface area contributed by atoms with Crippen LogP contribution in [0.2, 0.25) is 0 Å². The van der Waals surface area contributed by atoms with Gasteiger partial charge < -0.3 is 9.47 Å². The molecule has 1 aromatic carbocycles. The molecular weight excluding hydrogens is 236 g/mol. The van der Waals surface area contributed by atoms with Gasteiger partial charge in [0.15, 0.2) is 0 Å². The largest absolute Gasteiger partial charge is 0.415 e. The normalized spacial score (nSPS) is 10.6. The second-order valence-corrected chi connectivity index (χ2v) is 3.83. The van der Waals surface area contributed by atoms with Crippen LogP contribution in [0.15, 0.2) is 30.3 Å². The number of carbonyl (C=O) groups excluding carboxylic acids is 3. The molecule has 0 aliphatic heterocycles. The van der Waals surface area contributed by atoms with Gasteiger partial charge in [-0.05, 0) is 0 Å². The van der Waals surface area contributed by atoms with E-state index in [1.54, 1.807) is 30.3 Å². The monoisotopic (exact) mass is 250 g/mol. The topological polar surface area (TPSA) is 69.7 Å². The molecule has 0 unspecified atom stereocenters. The van der Waals surface area contributed by atoms with Gasteiger partial charge in [-0.1, -0.05) is 30.3 Å². The third kappa shape index (κ3) is 3.41. The van der Waals surface area contributed by atoms with E-state index in [4.69, 9.17) is 9.47 Å². The van der Waals surface area contributed by atoms with E-state index in [1.165, 1.54) is 6.92 Å². The second-order valence-electron chi connectivity index (χ2n) is 3.83. The first kappa shape index (κ1) is 13.9. The molecule has 0 amide bonds. The molecule has 0 aromatic heterocycles. The lowest BCUT2D eigenvalue weighted by Gasteiger charge is -2.26. The summed E-state index contributed by atoms with van der Waals surface area (Å²) >= 11 is 0. The van der Waals surface area contributed by atoms with Crippen molar-refractivity contribution in [1.29, 1.82) is 0 Å². The molecule has 5 nitrogen and oxygen atoms in total. The van der Waals surface area contributed by atoms with Crippen LogP contribution in [0.25, 0.3) is 0 Å². The van der Waals surface area contributed by atoms with E-state index in [0.717, 1.165) is 13.8 Å². The lowest BCUT2D eigenvalue weighted by molar-refractivity contribution is -0.202. The fourth-order valence-corrected chi connectivity index (χ4v) is 1.51. The summed E-state index contributed by atoms with van der Waals surface area (Å²) in [7, 11) is 0. The van der Waals surface area contributed by atoms with Crippen molar-refractivity contribution < 1.29 is 23.9 Å². The zero-order chi connectivity index (χ0) is 13.8. The molecule has 0 N–H and O–H groups in total. The Morgan fingerprint density at radius 1 is 0.944 bits per heavy atom. The Bertz CT molecular complexity index is 448. The molecule has 18 heavy (non-hydrogen) atoms. The first-order valence-corrected chi connectivity index (χ1v) is 5.34. The molecular formula is C13H14O5. The average Bonchev–Trinajstić information content (AvgIpc) is 2.27. The van der Waals surface area contributed by atoms with Crippen molar-refractivity contribution >= 4 is 17.7 Å². The van der Waals surface area contributed by atoms with Gasteiger partial charge in [0.05, 0.1) is 0 Å². The maximum absolute atomic E-state index is 12.2. The Hall–Kier alpha value is -2.17. The maximum atomic E-state index is 12.2. The highest BCUT2D eigenvalue weighted by Gasteiger charge is 2.40. The fourth-order valence-electron chi connectivity index (χ4n) is 1.51. The number of benzene rings is 1. The van der Waals surface area contributed by atoms with Gasteiger partial charge >= 0.3 is 17.7 Å². The van der Waals surface area contributed by atoms with Crippen molar-refractivity contribution in [3.63, 3.8) is 0 Å². The Morgan fingerprint density at radius 3 is 1.78 bits per heavy atom. The smallest absolute Gasteiger partial charge is 0.318 e. The summed E-state index contributed by atoms with van der Waals surface area (Å²) in [5, 5.41) is 0. The van der Waals surface area contributed by atoms with Crippen LogP contribution in [0, 0.1) is 0 Å². The zero-order valence-electron chi connectivity index (χ0n) is 10.4. The van der Waals surface area contributed by atoms with E-state index < -0.39 is 23.5 Å². The minimum Gasteiger partial charge on any atom is -0.415 e. The van der Waals surface area contributed by atoms with Crippen LogP contribution < -0.4 is 0 Å². The molecule has 0 radical (unpaired) electrons. The molecule has 1 aromatic rings. The van der Waals surface area contributed by atoms with Crippen molar-refractivity contribution in [3.05, 3.63) is 35.9 Å². The second kappa shape index (κ2) is 5.44. The van der Waals surface area contributed by atoms with E-state index in [-0.39, 0.29) is 0 Å². The van der Waals surface area contributed by atoms with Gasteiger partial charge in [0.2, 0.25) is 5.78 Å². The van der Waals surface area contributed by atoms with E-state index >= 15 is 0 Å². The standard InChI is InChI=1S/C13H14O5/c1-9(14)17-13(3,18-10(2)15)12(16)11-7-5-4-6-8-11/h4-8H,1-3H3. The molecule has 1 rings (SSSR count). The molecule has 0 aliphatic rings. The van der Waals surface area contributed by atoms with Crippen molar-refractivity contribution in [2.75, 3.05) is 0 Å². The van der Waals surface area contributed by atoms with Crippen molar-refractivity contribution in [2.45, 2.75) is 26.6 Å². The highest BCUT2D eigenvalue weighted by Crippen LogP contribution is 2.20. The number of esters is 2. The van der Waals surface area contributed by atoms with E-state index in [1.807, 2.05) is 0 Å². The molecule has 0 fully saturated rings. The van der Waals surface area contributed by atoms with Gasteiger partial charge in [-0.15, -0.1) is 0 Å². The lowest BCUT2D eigenvalue weighted by atomic mass is 10.0. The average molecular weight is 250 g/mol. The predicted octanol–water partition coefficient (Wildman–Crippen LogP) is 1.71. The predicted molar refractivity (Wildman–Crippen MR) is 62.7 cm³/mol. The van der Waals surface area contributed by atoms with Crippen LogP contribution in [0.1, 0.15) is 31.1 Å². The van der Waals surface area contributed by atoms with Crippen LogP contribution >= 0.6 is 0 Å². The molecule has 0 aliphatic carbocycles. The van der Waals surface area contributed by atoms with Gasteiger partial charge in [0.25, 0.3) is 0 Å². The Labute approximate surface area is 105 Å². The first-order chi connectivity index (χ1) is 8.35.